The molecule has 2 saturated heterocycles. The minimum absolute atomic E-state index is 0.0148. The van der Waals surface area contributed by atoms with Crippen LogP contribution in [0.5, 0.6) is 28.7 Å². The number of ether oxygens (including phenoxy) is 5. The normalized spacial score (nSPS) is 25.4. The number of hydrogen-bond donors (Lipinski definition) is 2. The first-order chi connectivity index (χ1) is 14.0. The molecule has 0 unspecified atom stereocenters. The van der Waals surface area contributed by atoms with E-state index in [0.717, 1.165) is 5.56 Å². The lowest BCUT2D eigenvalue weighted by atomic mass is 9.84. The third-order valence-electron chi connectivity index (χ3n) is 5.52. The molecule has 0 spiro atoms. The van der Waals surface area contributed by atoms with E-state index in [-0.39, 0.29) is 34.9 Å². The fraction of sp³-hybridized carbons (Fsp3) is 0.381. The summed E-state index contributed by atoms with van der Waals surface area (Å²) in [5.74, 6) is -0.398. The van der Waals surface area contributed by atoms with E-state index in [0.29, 0.717) is 17.9 Å². The summed E-state index contributed by atoms with van der Waals surface area (Å²) in [7, 11) is 4.34. The highest BCUT2D eigenvalue weighted by Crippen LogP contribution is 2.53. The van der Waals surface area contributed by atoms with Gasteiger partial charge in [0.05, 0.1) is 40.0 Å². The van der Waals surface area contributed by atoms with Crippen molar-refractivity contribution in [1.82, 2.24) is 0 Å². The Kier molecular flexibility index (Phi) is 4.87. The van der Waals surface area contributed by atoms with Crippen LogP contribution in [-0.4, -0.2) is 44.1 Å². The number of methoxy groups -OCH3 is 3. The van der Waals surface area contributed by atoms with Crippen LogP contribution in [0.2, 0.25) is 0 Å². The first-order valence-corrected chi connectivity index (χ1v) is 9.12. The standard InChI is InChI=1S/C21H22O8/c1-25-14-6-10(4-5-13(14)22)20-17-12(9-28-20)19(29-21(17)24)11-7-15(26-2)18(23)16(8-11)27-3/h4-8,12,17,19-20,22-23H,9H2,1-3H3/t12-,17-,19+,20+/m0/s1. The lowest BCUT2D eigenvalue weighted by molar-refractivity contribution is -0.148. The Hall–Kier alpha value is -3.13. The Morgan fingerprint density at radius 2 is 1.52 bits per heavy atom. The number of phenolic OH excluding ortho intramolecular Hbond substituents is 2. The van der Waals surface area contributed by atoms with Gasteiger partial charge in [0.15, 0.2) is 23.0 Å². The maximum absolute atomic E-state index is 12.7. The van der Waals surface area contributed by atoms with Crippen molar-refractivity contribution >= 4 is 5.97 Å². The molecule has 2 aliphatic rings. The molecule has 2 heterocycles. The molecular formula is C21H22O8. The smallest absolute Gasteiger partial charge is 0.313 e. The van der Waals surface area contributed by atoms with E-state index < -0.39 is 18.1 Å². The van der Waals surface area contributed by atoms with E-state index in [9.17, 15) is 15.0 Å². The monoisotopic (exact) mass is 402 g/mol. The SMILES string of the molecule is COc1cc([C@H]2OC[C@H]3[C@@H]2C(=O)O[C@@H]3c2cc(OC)c(O)c(OC)c2)ccc1O. The Bertz CT molecular complexity index is 915. The highest BCUT2D eigenvalue weighted by Gasteiger charge is 2.54. The van der Waals surface area contributed by atoms with Crippen LogP contribution >= 0.6 is 0 Å². The van der Waals surface area contributed by atoms with Crippen molar-refractivity contribution in [3.63, 3.8) is 0 Å². The molecule has 4 atom stereocenters. The zero-order chi connectivity index (χ0) is 20.7. The average Bonchev–Trinajstić information content (AvgIpc) is 3.30. The summed E-state index contributed by atoms with van der Waals surface area (Å²) >= 11 is 0. The van der Waals surface area contributed by atoms with Crippen LogP contribution < -0.4 is 14.2 Å². The maximum Gasteiger partial charge on any atom is 0.313 e. The Morgan fingerprint density at radius 3 is 2.14 bits per heavy atom. The number of phenols is 2. The molecule has 0 saturated carbocycles. The quantitative estimate of drug-likeness (QED) is 0.736. The van der Waals surface area contributed by atoms with E-state index in [1.54, 1.807) is 24.3 Å². The Balaban J connectivity index is 1.67. The summed E-state index contributed by atoms with van der Waals surface area (Å²) in [6.07, 6.45) is -1.06. The van der Waals surface area contributed by atoms with Crippen molar-refractivity contribution in [2.45, 2.75) is 12.2 Å². The number of hydrogen-bond acceptors (Lipinski definition) is 8. The van der Waals surface area contributed by atoms with E-state index in [2.05, 4.69) is 0 Å². The van der Waals surface area contributed by atoms with Gasteiger partial charge in [0.1, 0.15) is 6.10 Å². The van der Waals surface area contributed by atoms with Gasteiger partial charge in [-0.25, -0.2) is 0 Å². The van der Waals surface area contributed by atoms with Gasteiger partial charge in [-0.1, -0.05) is 6.07 Å². The molecule has 4 rings (SSSR count). The molecule has 29 heavy (non-hydrogen) atoms. The first-order valence-electron chi connectivity index (χ1n) is 9.12. The Morgan fingerprint density at radius 1 is 0.897 bits per heavy atom. The molecule has 2 aliphatic heterocycles. The topological polar surface area (TPSA) is 104 Å². The fourth-order valence-corrected chi connectivity index (χ4v) is 4.08. The summed E-state index contributed by atoms with van der Waals surface area (Å²) in [6, 6.07) is 8.15. The van der Waals surface area contributed by atoms with E-state index in [4.69, 9.17) is 23.7 Å². The highest BCUT2D eigenvalue weighted by molar-refractivity contribution is 5.77. The van der Waals surface area contributed by atoms with Gasteiger partial charge in [0, 0.05) is 11.5 Å². The van der Waals surface area contributed by atoms with Crippen LogP contribution in [0.1, 0.15) is 23.3 Å². The molecular weight excluding hydrogens is 380 g/mol. The van der Waals surface area contributed by atoms with Gasteiger partial charge in [-0.05, 0) is 29.8 Å². The van der Waals surface area contributed by atoms with Gasteiger partial charge in [-0.3, -0.25) is 4.79 Å². The molecule has 0 amide bonds. The molecule has 0 aliphatic carbocycles. The second-order valence-electron chi connectivity index (χ2n) is 7.01. The molecule has 8 heteroatoms. The van der Waals surface area contributed by atoms with E-state index in [1.165, 1.54) is 27.4 Å². The molecule has 2 aromatic rings. The molecule has 2 fully saturated rings. The largest absolute Gasteiger partial charge is 0.504 e. The number of aromatic hydroxyl groups is 2. The van der Waals surface area contributed by atoms with Crippen LogP contribution in [0, 0.1) is 11.8 Å². The minimum atomic E-state index is -0.556. The molecule has 0 aromatic heterocycles. The van der Waals surface area contributed by atoms with Gasteiger partial charge >= 0.3 is 5.97 Å². The lowest BCUT2D eigenvalue weighted by Crippen LogP contribution is -2.18. The summed E-state index contributed by atoms with van der Waals surface area (Å²) in [6.45, 7) is 0.320. The van der Waals surface area contributed by atoms with Crippen LogP contribution in [0.25, 0.3) is 0 Å². The average molecular weight is 402 g/mol. The van der Waals surface area contributed by atoms with E-state index >= 15 is 0 Å². The number of rotatable bonds is 5. The van der Waals surface area contributed by atoms with Crippen molar-refractivity contribution in [1.29, 1.82) is 0 Å². The molecule has 154 valence electrons. The molecule has 0 bridgehead atoms. The third kappa shape index (κ3) is 3.09. The van der Waals surface area contributed by atoms with Crippen molar-refractivity contribution in [3.8, 4) is 28.7 Å². The van der Waals surface area contributed by atoms with Crippen molar-refractivity contribution < 1.29 is 38.7 Å². The van der Waals surface area contributed by atoms with Gasteiger partial charge in [0.2, 0.25) is 5.75 Å². The van der Waals surface area contributed by atoms with Crippen LogP contribution in [0.3, 0.4) is 0 Å². The third-order valence-corrected chi connectivity index (χ3v) is 5.52. The number of benzene rings is 2. The Labute approximate surface area is 167 Å². The fourth-order valence-electron chi connectivity index (χ4n) is 4.08. The molecule has 0 radical (unpaired) electrons. The van der Waals surface area contributed by atoms with Crippen molar-refractivity contribution in [3.05, 3.63) is 41.5 Å². The zero-order valence-electron chi connectivity index (χ0n) is 16.2. The van der Waals surface area contributed by atoms with Crippen LogP contribution in [0.15, 0.2) is 30.3 Å². The highest BCUT2D eigenvalue weighted by atomic mass is 16.6. The maximum atomic E-state index is 12.7. The first kappa shape index (κ1) is 19.2. The summed E-state index contributed by atoms with van der Waals surface area (Å²) in [4.78, 5) is 12.7. The van der Waals surface area contributed by atoms with Gasteiger partial charge < -0.3 is 33.9 Å². The van der Waals surface area contributed by atoms with Gasteiger partial charge in [0.25, 0.3) is 0 Å². The van der Waals surface area contributed by atoms with Gasteiger partial charge in [-0.15, -0.1) is 0 Å². The van der Waals surface area contributed by atoms with Crippen molar-refractivity contribution in [2.75, 3.05) is 27.9 Å². The van der Waals surface area contributed by atoms with E-state index in [1.807, 2.05) is 0 Å². The number of carbonyl (C=O) groups is 1. The van der Waals surface area contributed by atoms with Crippen molar-refractivity contribution in [2.24, 2.45) is 11.8 Å². The van der Waals surface area contributed by atoms with Gasteiger partial charge in [-0.2, -0.15) is 0 Å². The summed E-state index contributed by atoms with van der Waals surface area (Å²) < 4.78 is 27.2. The predicted octanol–water partition coefficient (Wildman–Crippen LogP) is 2.73. The number of fused-ring (bicyclic) bond motifs is 1. The number of carbonyl (C=O) groups excluding carboxylic acids is 1. The summed E-state index contributed by atoms with van der Waals surface area (Å²) in [5, 5.41) is 20.0. The molecule has 2 aromatic carbocycles. The number of esters is 1. The zero-order valence-corrected chi connectivity index (χ0v) is 16.2. The molecule has 2 N–H and O–H groups in total. The predicted molar refractivity (Wildman–Crippen MR) is 100 cm³/mol. The lowest BCUT2D eigenvalue weighted by Gasteiger charge is -2.18. The number of cyclic esters (lactones) is 1. The van der Waals surface area contributed by atoms with Crippen LogP contribution in [-0.2, 0) is 14.3 Å². The summed E-state index contributed by atoms with van der Waals surface area (Å²) in [5.41, 5.74) is 1.38. The minimum Gasteiger partial charge on any atom is -0.504 e. The second kappa shape index (κ2) is 7.36. The molecule has 8 nitrogen and oxygen atoms in total. The van der Waals surface area contributed by atoms with Crippen LogP contribution in [0.4, 0.5) is 0 Å². The second-order valence-corrected chi connectivity index (χ2v) is 7.01.